The van der Waals surface area contributed by atoms with Crippen LogP contribution >= 0.6 is 0 Å². The van der Waals surface area contributed by atoms with Crippen LogP contribution in [-0.4, -0.2) is 39.3 Å². The second kappa shape index (κ2) is 7.12. The summed E-state index contributed by atoms with van der Waals surface area (Å²) in [6.45, 7) is 0.950. The minimum absolute atomic E-state index is 0.155. The smallest absolute Gasteiger partial charge is 0.422 e. The van der Waals surface area contributed by atoms with Crippen LogP contribution in [0.5, 0.6) is 5.88 Å². The van der Waals surface area contributed by atoms with Crippen LogP contribution in [-0.2, 0) is 6.54 Å². The van der Waals surface area contributed by atoms with Crippen LogP contribution < -0.4 is 10.1 Å². The molecule has 0 bridgehead atoms. The Balaban J connectivity index is 1.87. The molecule has 2 heterocycles. The highest BCUT2D eigenvalue weighted by Crippen LogP contribution is 2.17. The van der Waals surface area contributed by atoms with Crippen LogP contribution in [0.3, 0.4) is 0 Å². The molecule has 1 atom stereocenters. The molecule has 1 unspecified atom stereocenters. The van der Waals surface area contributed by atoms with Crippen molar-refractivity contribution in [2.45, 2.75) is 25.7 Å². The molecule has 0 saturated heterocycles. The SMILES string of the molecule is CC(Cn1ccnc1)NC(=O)c1ccc(OCC(F)(F)F)nc1. The predicted octanol–water partition coefficient (Wildman–Crippen LogP) is 2.04. The Kier molecular flexibility index (Phi) is 5.20. The number of alkyl halides is 3. The fraction of sp³-hybridized carbons (Fsp3) is 0.357. The summed E-state index contributed by atoms with van der Waals surface area (Å²) in [5.74, 6) is -0.558. The molecule has 2 aromatic heterocycles. The van der Waals surface area contributed by atoms with Crippen LogP contribution in [0.4, 0.5) is 13.2 Å². The number of aromatic nitrogens is 3. The van der Waals surface area contributed by atoms with Crippen LogP contribution in [0.25, 0.3) is 0 Å². The molecule has 0 saturated carbocycles. The summed E-state index contributed by atoms with van der Waals surface area (Å²) in [7, 11) is 0. The van der Waals surface area contributed by atoms with Gasteiger partial charge in [-0.1, -0.05) is 0 Å². The predicted molar refractivity (Wildman–Crippen MR) is 74.9 cm³/mol. The average molecular weight is 328 g/mol. The summed E-state index contributed by atoms with van der Waals surface area (Å²) in [5, 5.41) is 2.76. The van der Waals surface area contributed by atoms with Crippen molar-refractivity contribution in [1.29, 1.82) is 0 Å². The second-order valence-electron chi connectivity index (χ2n) is 4.92. The van der Waals surface area contributed by atoms with Gasteiger partial charge in [-0.2, -0.15) is 13.2 Å². The van der Waals surface area contributed by atoms with E-state index in [9.17, 15) is 18.0 Å². The molecule has 6 nitrogen and oxygen atoms in total. The molecular formula is C14H15F3N4O2. The molecule has 9 heteroatoms. The van der Waals surface area contributed by atoms with E-state index in [2.05, 4.69) is 20.0 Å². The molecule has 1 N–H and O–H groups in total. The number of amides is 1. The van der Waals surface area contributed by atoms with Crippen LogP contribution in [0, 0.1) is 0 Å². The first kappa shape index (κ1) is 16.8. The lowest BCUT2D eigenvalue weighted by Gasteiger charge is -2.14. The number of carbonyl (C=O) groups is 1. The monoisotopic (exact) mass is 328 g/mol. The van der Waals surface area contributed by atoms with Crippen molar-refractivity contribution in [2.75, 3.05) is 6.61 Å². The largest absolute Gasteiger partial charge is 0.468 e. The fourth-order valence-electron chi connectivity index (χ4n) is 1.82. The van der Waals surface area contributed by atoms with E-state index in [1.165, 1.54) is 18.3 Å². The van der Waals surface area contributed by atoms with E-state index in [4.69, 9.17) is 0 Å². The standard InChI is InChI=1S/C14H15F3N4O2/c1-10(7-21-5-4-18-9-21)20-13(22)11-2-3-12(19-6-11)23-8-14(15,16)17/h2-6,9-10H,7-8H2,1H3,(H,20,22). The highest BCUT2D eigenvalue weighted by atomic mass is 19.4. The average Bonchev–Trinajstić information content (AvgIpc) is 2.97. The topological polar surface area (TPSA) is 69.0 Å². The van der Waals surface area contributed by atoms with E-state index >= 15 is 0 Å². The van der Waals surface area contributed by atoms with Crippen molar-refractivity contribution in [3.63, 3.8) is 0 Å². The van der Waals surface area contributed by atoms with Gasteiger partial charge < -0.3 is 14.6 Å². The molecule has 0 aliphatic carbocycles. The summed E-state index contributed by atoms with van der Waals surface area (Å²) in [6.07, 6.45) is 1.79. The van der Waals surface area contributed by atoms with E-state index in [-0.39, 0.29) is 23.4 Å². The summed E-state index contributed by atoms with van der Waals surface area (Å²) in [5.41, 5.74) is 0.238. The Hall–Kier alpha value is -2.58. The van der Waals surface area contributed by atoms with Gasteiger partial charge >= 0.3 is 6.18 Å². The van der Waals surface area contributed by atoms with Crippen molar-refractivity contribution in [2.24, 2.45) is 0 Å². The summed E-state index contributed by atoms with van der Waals surface area (Å²) in [6, 6.07) is 2.43. The third-order valence-corrected chi connectivity index (χ3v) is 2.80. The summed E-state index contributed by atoms with van der Waals surface area (Å²) >= 11 is 0. The lowest BCUT2D eigenvalue weighted by molar-refractivity contribution is -0.154. The molecule has 0 radical (unpaired) electrons. The lowest BCUT2D eigenvalue weighted by Crippen LogP contribution is -2.35. The molecule has 0 aliphatic rings. The van der Waals surface area contributed by atoms with Gasteiger partial charge in [0.1, 0.15) is 0 Å². The Bertz CT molecular complexity index is 626. The van der Waals surface area contributed by atoms with E-state index in [0.717, 1.165) is 0 Å². The number of imidazole rings is 1. The van der Waals surface area contributed by atoms with E-state index in [0.29, 0.717) is 6.54 Å². The van der Waals surface area contributed by atoms with Crippen molar-refractivity contribution in [1.82, 2.24) is 19.9 Å². The molecule has 124 valence electrons. The normalized spacial score (nSPS) is 12.7. The lowest BCUT2D eigenvalue weighted by atomic mass is 10.2. The quantitative estimate of drug-likeness (QED) is 0.881. The third-order valence-electron chi connectivity index (χ3n) is 2.80. The zero-order chi connectivity index (χ0) is 16.9. The number of carbonyl (C=O) groups excluding carboxylic acids is 1. The van der Waals surface area contributed by atoms with Gasteiger partial charge in [0, 0.05) is 37.2 Å². The first-order valence-electron chi connectivity index (χ1n) is 6.76. The van der Waals surface area contributed by atoms with Crippen molar-refractivity contribution < 1.29 is 22.7 Å². The zero-order valence-corrected chi connectivity index (χ0v) is 12.2. The van der Waals surface area contributed by atoms with Gasteiger partial charge in [0.2, 0.25) is 5.88 Å². The van der Waals surface area contributed by atoms with Gasteiger partial charge in [0.25, 0.3) is 5.91 Å². The maximum atomic E-state index is 12.0. The molecule has 0 spiro atoms. The molecule has 0 aliphatic heterocycles. The van der Waals surface area contributed by atoms with Crippen LogP contribution in [0.15, 0.2) is 37.1 Å². The number of nitrogens with one attached hydrogen (secondary N) is 1. The van der Waals surface area contributed by atoms with Crippen LogP contribution in [0.2, 0.25) is 0 Å². The van der Waals surface area contributed by atoms with E-state index in [1.807, 2.05) is 11.5 Å². The number of hydrogen-bond donors (Lipinski definition) is 1. The number of ether oxygens (including phenoxy) is 1. The maximum Gasteiger partial charge on any atom is 0.422 e. The van der Waals surface area contributed by atoms with Gasteiger partial charge in [-0.25, -0.2) is 9.97 Å². The molecule has 1 amide bonds. The molecule has 0 aromatic carbocycles. The third kappa shape index (κ3) is 5.61. The van der Waals surface area contributed by atoms with Crippen molar-refractivity contribution in [3.8, 4) is 5.88 Å². The van der Waals surface area contributed by atoms with Gasteiger partial charge in [-0.3, -0.25) is 4.79 Å². The highest BCUT2D eigenvalue weighted by molar-refractivity contribution is 5.94. The number of halogens is 3. The van der Waals surface area contributed by atoms with Gasteiger partial charge in [-0.15, -0.1) is 0 Å². The Labute approximate surface area is 130 Å². The zero-order valence-electron chi connectivity index (χ0n) is 12.2. The first-order chi connectivity index (χ1) is 10.8. The maximum absolute atomic E-state index is 12.0. The minimum Gasteiger partial charge on any atom is -0.468 e. The molecule has 2 aromatic rings. The number of nitrogens with zero attached hydrogens (tertiary/aromatic N) is 3. The Morgan fingerprint density at radius 3 is 2.78 bits per heavy atom. The molecule has 23 heavy (non-hydrogen) atoms. The van der Waals surface area contributed by atoms with Gasteiger partial charge in [0.15, 0.2) is 6.61 Å². The minimum atomic E-state index is -4.43. The van der Waals surface area contributed by atoms with Crippen LogP contribution in [0.1, 0.15) is 17.3 Å². The number of pyridine rings is 1. The Morgan fingerprint density at radius 2 is 2.22 bits per heavy atom. The highest BCUT2D eigenvalue weighted by Gasteiger charge is 2.28. The fourth-order valence-corrected chi connectivity index (χ4v) is 1.82. The molecular weight excluding hydrogens is 313 g/mol. The van der Waals surface area contributed by atoms with Crippen molar-refractivity contribution >= 4 is 5.91 Å². The van der Waals surface area contributed by atoms with E-state index in [1.54, 1.807) is 18.7 Å². The van der Waals surface area contributed by atoms with Gasteiger partial charge in [-0.05, 0) is 13.0 Å². The summed E-state index contributed by atoms with van der Waals surface area (Å²) in [4.78, 5) is 19.6. The summed E-state index contributed by atoms with van der Waals surface area (Å²) < 4.78 is 42.4. The Morgan fingerprint density at radius 1 is 1.43 bits per heavy atom. The van der Waals surface area contributed by atoms with Crippen molar-refractivity contribution in [3.05, 3.63) is 42.6 Å². The number of hydrogen-bond acceptors (Lipinski definition) is 4. The van der Waals surface area contributed by atoms with Gasteiger partial charge in [0.05, 0.1) is 11.9 Å². The second-order valence-corrected chi connectivity index (χ2v) is 4.92. The molecule has 0 fully saturated rings. The van der Waals surface area contributed by atoms with E-state index < -0.39 is 12.8 Å². The first-order valence-corrected chi connectivity index (χ1v) is 6.76. The number of rotatable bonds is 6. The molecule has 2 rings (SSSR count).